The molecule has 3 heteroatoms. The molecule has 1 heterocycles. The van der Waals surface area contributed by atoms with Crippen LogP contribution in [0.2, 0.25) is 0 Å². The second kappa shape index (κ2) is 5.64. The van der Waals surface area contributed by atoms with Crippen molar-refractivity contribution in [2.24, 2.45) is 5.73 Å². The van der Waals surface area contributed by atoms with Crippen LogP contribution in [0.3, 0.4) is 0 Å². The molecule has 3 nitrogen and oxygen atoms in total. The molecule has 0 aliphatic heterocycles. The minimum Gasteiger partial charge on any atom is -0.330 e. The molecule has 17 heavy (non-hydrogen) atoms. The third kappa shape index (κ3) is 3.17. The van der Waals surface area contributed by atoms with Gasteiger partial charge in [0.15, 0.2) is 0 Å². The van der Waals surface area contributed by atoms with Crippen molar-refractivity contribution in [1.29, 1.82) is 0 Å². The standard InChI is InChI=1S/C14H19N3/c1-2-13(15)10-14-16-8-9-17(14)11-12-6-4-3-5-7-12/h3-9,13H,2,10-11,15H2,1H3. The van der Waals surface area contributed by atoms with E-state index in [1.165, 1.54) is 5.56 Å². The highest BCUT2D eigenvalue weighted by Gasteiger charge is 2.07. The highest BCUT2D eigenvalue weighted by Crippen LogP contribution is 2.07. The minimum absolute atomic E-state index is 0.201. The van der Waals surface area contributed by atoms with Gasteiger partial charge in [-0.25, -0.2) is 4.98 Å². The largest absolute Gasteiger partial charge is 0.330 e. The van der Waals surface area contributed by atoms with E-state index in [1.54, 1.807) is 0 Å². The van der Waals surface area contributed by atoms with E-state index in [-0.39, 0.29) is 6.04 Å². The van der Waals surface area contributed by atoms with Crippen LogP contribution in [0.15, 0.2) is 42.7 Å². The molecule has 0 amide bonds. The molecule has 2 aromatic rings. The van der Waals surface area contributed by atoms with Crippen molar-refractivity contribution in [3.05, 3.63) is 54.1 Å². The lowest BCUT2D eigenvalue weighted by atomic mass is 10.1. The van der Waals surface area contributed by atoms with E-state index in [1.807, 2.05) is 18.5 Å². The zero-order chi connectivity index (χ0) is 12.1. The zero-order valence-electron chi connectivity index (χ0n) is 10.2. The molecule has 0 aliphatic carbocycles. The zero-order valence-corrected chi connectivity index (χ0v) is 10.2. The fourth-order valence-electron chi connectivity index (χ4n) is 1.83. The molecule has 0 bridgehead atoms. The van der Waals surface area contributed by atoms with Crippen LogP contribution in [-0.2, 0) is 13.0 Å². The number of hydrogen-bond donors (Lipinski definition) is 1. The maximum Gasteiger partial charge on any atom is 0.110 e. The van der Waals surface area contributed by atoms with Crippen LogP contribution in [0.4, 0.5) is 0 Å². The van der Waals surface area contributed by atoms with Crippen LogP contribution in [0.1, 0.15) is 24.7 Å². The Hall–Kier alpha value is -1.61. The van der Waals surface area contributed by atoms with Crippen LogP contribution in [-0.4, -0.2) is 15.6 Å². The maximum absolute atomic E-state index is 5.97. The molecule has 1 aromatic carbocycles. The Morgan fingerprint density at radius 1 is 1.29 bits per heavy atom. The number of benzene rings is 1. The summed E-state index contributed by atoms with van der Waals surface area (Å²) in [5.41, 5.74) is 7.26. The molecule has 0 spiro atoms. The maximum atomic E-state index is 5.97. The number of rotatable bonds is 5. The highest BCUT2D eigenvalue weighted by atomic mass is 15.1. The first kappa shape index (κ1) is 11.9. The lowest BCUT2D eigenvalue weighted by molar-refractivity contribution is 0.597. The summed E-state index contributed by atoms with van der Waals surface area (Å²) in [7, 11) is 0. The molecule has 1 aromatic heterocycles. The highest BCUT2D eigenvalue weighted by molar-refractivity contribution is 5.15. The van der Waals surface area contributed by atoms with E-state index in [0.717, 1.165) is 25.2 Å². The van der Waals surface area contributed by atoms with Gasteiger partial charge >= 0.3 is 0 Å². The van der Waals surface area contributed by atoms with Gasteiger partial charge in [0.2, 0.25) is 0 Å². The first-order valence-electron chi connectivity index (χ1n) is 6.09. The van der Waals surface area contributed by atoms with Crippen LogP contribution in [0.5, 0.6) is 0 Å². The van der Waals surface area contributed by atoms with Gasteiger partial charge in [0.25, 0.3) is 0 Å². The summed E-state index contributed by atoms with van der Waals surface area (Å²) in [6.45, 7) is 2.97. The monoisotopic (exact) mass is 229 g/mol. The van der Waals surface area contributed by atoms with Crippen molar-refractivity contribution in [3.63, 3.8) is 0 Å². The SMILES string of the molecule is CCC(N)Cc1nccn1Cc1ccccc1. The Kier molecular flexibility index (Phi) is 3.94. The Balaban J connectivity index is 2.09. The Labute approximate surface area is 102 Å². The average molecular weight is 229 g/mol. The summed E-state index contributed by atoms with van der Waals surface area (Å²) in [6.07, 6.45) is 5.69. The van der Waals surface area contributed by atoms with E-state index in [0.29, 0.717) is 0 Å². The van der Waals surface area contributed by atoms with Crippen molar-refractivity contribution < 1.29 is 0 Å². The molecule has 0 aliphatic rings. The van der Waals surface area contributed by atoms with Gasteiger partial charge in [-0.15, -0.1) is 0 Å². The lowest BCUT2D eigenvalue weighted by Crippen LogP contribution is -2.23. The first-order chi connectivity index (χ1) is 8.29. The molecule has 0 radical (unpaired) electrons. The second-order valence-electron chi connectivity index (χ2n) is 4.33. The van der Waals surface area contributed by atoms with Crippen molar-refractivity contribution in [3.8, 4) is 0 Å². The van der Waals surface area contributed by atoms with E-state index in [9.17, 15) is 0 Å². The van der Waals surface area contributed by atoms with E-state index in [4.69, 9.17) is 5.73 Å². The number of hydrogen-bond acceptors (Lipinski definition) is 2. The van der Waals surface area contributed by atoms with Gasteiger partial charge in [0.1, 0.15) is 5.82 Å². The van der Waals surface area contributed by atoms with Gasteiger partial charge < -0.3 is 10.3 Å². The van der Waals surface area contributed by atoms with Gasteiger partial charge in [-0.05, 0) is 12.0 Å². The van der Waals surface area contributed by atoms with Gasteiger partial charge in [-0.2, -0.15) is 0 Å². The molecule has 2 rings (SSSR count). The summed E-state index contributed by atoms with van der Waals surface area (Å²) in [5, 5.41) is 0. The molecule has 0 saturated heterocycles. The topological polar surface area (TPSA) is 43.8 Å². The predicted octanol–water partition coefficient (Wildman–Crippen LogP) is 2.21. The number of imidazole rings is 1. The van der Waals surface area contributed by atoms with Crippen molar-refractivity contribution in [2.75, 3.05) is 0 Å². The Bertz CT molecular complexity index is 448. The molecule has 90 valence electrons. The molecular weight excluding hydrogens is 210 g/mol. The third-order valence-corrected chi connectivity index (χ3v) is 2.97. The minimum atomic E-state index is 0.201. The predicted molar refractivity (Wildman–Crippen MR) is 69.7 cm³/mol. The summed E-state index contributed by atoms with van der Waals surface area (Å²) in [4.78, 5) is 4.38. The van der Waals surface area contributed by atoms with Gasteiger partial charge in [0, 0.05) is 31.4 Å². The summed E-state index contributed by atoms with van der Waals surface area (Å²) >= 11 is 0. The molecule has 1 unspecified atom stereocenters. The summed E-state index contributed by atoms with van der Waals surface area (Å²) in [5.74, 6) is 1.07. The molecule has 0 fully saturated rings. The van der Waals surface area contributed by atoms with E-state index in [2.05, 4.69) is 40.7 Å². The summed E-state index contributed by atoms with van der Waals surface area (Å²) < 4.78 is 2.17. The molecule has 0 saturated carbocycles. The van der Waals surface area contributed by atoms with Crippen molar-refractivity contribution in [1.82, 2.24) is 9.55 Å². The first-order valence-corrected chi connectivity index (χ1v) is 6.09. The fraction of sp³-hybridized carbons (Fsp3) is 0.357. The number of aromatic nitrogens is 2. The smallest absolute Gasteiger partial charge is 0.110 e. The fourth-order valence-corrected chi connectivity index (χ4v) is 1.83. The van der Waals surface area contributed by atoms with Gasteiger partial charge in [-0.1, -0.05) is 37.3 Å². The summed E-state index contributed by atoms with van der Waals surface area (Å²) in [6, 6.07) is 10.6. The molecule has 2 N–H and O–H groups in total. The van der Waals surface area contributed by atoms with Crippen LogP contribution in [0.25, 0.3) is 0 Å². The van der Waals surface area contributed by atoms with Crippen molar-refractivity contribution >= 4 is 0 Å². The number of nitrogens with zero attached hydrogens (tertiary/aromatic N) is 2. The Morgan fingerprint density at radius 2 is 2.06 bits per heavy atom. The van der Waals surface area contributed by atoms with Gasteiger partial charge in [0.05, 0.1) is 0 Å². The third-order valence-electron chi connectivity index (χ3n) is 2.97. The molecular formula is C14H19N3. The van der Waals surface area contributed by atoms with Crippen LogP contribution < -0.4 is 5.73 Å². The van der Waals surface area contributed by atoms with E-state index < -0.39 is 0 Å². The van der Waals surface area contributed by atoms with E-state index >= 15 is 0 Å². The quantitative estimate of drug-likeness (QED) is 0.854. The second-order valence-corrected chi connectivity index (χ2v) is 4.33. The number of nitrogens with two attached hydrogens (primary N) is 1. The normalized spacial score (nSPS) is 12.6. The average Bonchev–Trinajstić information content (AvgIpc) is 2.78. The van der Waals surface area contributed by atoms with Crippen molar-refractivity contribution in [2.45, 2.75) is 32.4 Å². The Morgan fingerprint density at radius 3 is 2.76 bits per heavy atom. The van der Waals surface area contributed by atoms with Gasteiger partial charge in [-0.3, -0.25) is 0 Å². The lowest BCUT2D eigenvalue weighted by Gasteiger charge is -2.11. The van der Waals surface area contributed by atoms with Crippen LogP contribution >= 0.6 is 0 Å². The van der Waals surface area contributed by atoms with Crippen LogP contribution in [0, 0.1) is 0 Å². The molecule has 1 atom stereocenters.